The summed E-state index contributed by atoms with van der Waals surface area (Å²) in [5.41, 5.74) is -0.128. The van der Waals surface area contributed by atoms with Crippen LogP contribution < -0.4 is 4.74 Å². The average Bonchev–Trinajstić information content (AvgIpc) is 2.23. The second-order valence-corrected chi connectivity index (χ2v) is 3.96. The van der Waals surface area contributed by atoms with Crippen LogP contribution in [0.5, 0.6) is 5.75 Å². The molecule has 0 aromatic heterocycles. The third-order valence-electron chi connectivity index (χ3n) is 2.05. The molecule has 92 valence electrons. The summed E-state index contributed by atoms with van der Waals surface area (Å²) in [7, 11) is 0. The summed E-state index contributed by atoms with van der Waals surface area (Å²) in [6.07, 6.45) is 0.924. The molecule has 0 aliphatic rings. The highest BCUT2D eigenvalue weighted by molar-refractivity contribution is 6.30. The van der Waals surface area contributed by atoms with Gasteiger partial charge in [0, 0.05) is 23.6 Å². The average molecular weight is 258 g/mol. The molecule has 17 heavy (non-hydrogen) atoms. The van der Waals surface area contributed by atoms with Gasteiger partial charge in [-0.15, -0.1) is 0 Å². The second-order valence-electron chi connectivity index (χ2n) is 3.52. The maximum atomic E-state index is 10.7. The van der Waals surface area contributed by atoms with E-state index in [0.717, 1.165) is 0 Å². The highest BCUT2D eigenvalue weighted by atomic mass is 35.5. The minimum absolute atomic E-state index is 0.0641. The van der Waals surface area contributed by atoms with Crippen molar-refractivity contribution in [3.63, 3.8) is 0 Å². The highest BCUT2D eigenvalue weighted by Crippen LogP contribution is 2.29. The third-order valence-corrected chi connectivity index (χ3v) is 2.28. The lowest BCUT2D eigenvalue weighted by atomic mass is 10.2. The fraction of sp³-hybridized carbons (Fsp3) is 0.364. The smallest absolute Gasteiger partial charge is 0.311 e. The van der Waals surface area contributed by atoms with E-state index in [4.69, 9.17) is 16.3 Å². The van der Waals surface area contributed by atoms with Crippen molar-refractivity contribution in [1.82, 2.24) is 0 Å². The number of Topliss-reactive ketones (excluding diaryl/α,β-unsaturated/α-hetero) is 1. The zero-order chi connectivity index (χ0) is 12.8. The normalized spacial score (nSPS) is 10.0. The molecule has 0 N–H and O–H groups in total. The van der Waals surface area contributed by atoms with Gasteiger partial charge in [-0.2, -0.15) is 0 Å². The molecule has 1 rings (SSSR count). The Labute approximate surface area is 103 Å². The van der Waals surface area contributed by atoms with Gasteiger partial charge in [0.05, 0.1) is 11.5 Å². The molecule has 6 heteroatoms. The van der Waals surface area contributed by atoms with E-state index < -0.39 is 4.92 Å². The van der Waals surface area contributed by atoms with E-state index in [-0.39, 0.29) is 23.8 Å². The summed E-state index contributed by atoms with van der Waals surface area (Å²) >= 11 is 5.73. The Bertz CT molecular complexity index is 433. The van der Waals surface area contributed by atoms with Gasteiger partial charge in [0.2, 0.25) is 0 Å². The Morgan fingerprint density at radius 2 is 2.24 bits per heavy atom. The van der Waals surface area contributed by atoms with Crippen LogP contribution in [-0.2, 0) is 4.79 Å². The maximum absolute atomic E-state index is 10.7. The maximum Gasteiger partial charge on any atom is 0.311 e. The molecule has 0 fully saturated rings. The molecule has 0 saturated carbocycles. The molecular weight excluding hydrogens is 246 g/mol. The Hall–Kier alpha value is -1.62. The monoisotopic (exact) mass is 257 g/mol. The summed E-state index contributed by atoms with van der Waals surface area (Å²) in [5, 5.41) is 11.1. The number of rotatable bonds is 6. The largest absolute Gasteiger partial charge is 0.487 e. The van der Waals surface area contributed by atoms with Crippen molar-refractivity contribution < 1.29 is 14.5 Å². The number of carbonyl (C=O) groups excluding carboxylic acids is 1. The summed E-state index contributed by atoms with van der Waals surface area (Å²) in [4.78, 5) is 20.9. The van der Waals surface area contributed by atoms with E-state index in [9.17, 15) is 14.9 Å². The minimum Gasteiger partial charge on any atom is -0.487 e. The van der Waals surface area contributed by atoms with Crippen molar-refractivity contribution >= 4 is 23.1 Å². The number of halogens is 1. The van der Waals surface area contributed by atoms with Crippen molar-refractivity contribution in [3.8, 4) is 5.75 Å². The van der Waals surface area contributed by atoms with Crippen LogP contribution in [0.2, 0.25) is 5.02 Å². The van der Waals surface area contributed by atoms with Crippen molar-refractivity contribution in [2.45, 2.75) is 19.8 Å². The Morgan fingerprint density at radius 3 is 2.82 bits per heavy atom. The van der Waals surface area contributed by atoms with E-state index in [1.807, 2.05) is 0 Å². The minimum atomic E-state index is -0.531. The molecule has 0 aliphatic heterocycles. The van der Waals surface area contributed by atoms with Gasteiger partial charge in [0.15, 0.2) is 5.75 Å². The number of nitro groups is 1. The molecule has 0 saturated heterocycles. The Kier molecular flexibility index (Phi) is 4.90. The van der Waals surface area contributed by atoms with Gasteiger partial charge in [-0.25, -0.2) is 0 Å². The first kappa shape index (κ1) is 13.4. The van der Waals surface area contributed by atoms with Crippen LogP contribution >= 0.6 is 11.6 Å². The van der Waals surface area contributed by atoms with Crippen LogP contribution in [0.3, 0.4) is 0 Å². The van der Waals surface area contributed by atoms with E-state index in [1.54, 1.807) is 0 Å². The van der Waals surface area contributed by atoms with Crippen molar-refractivity contribution in [1.29, 1.82) is 0 Å². The lowest BCUT2D eigenvalue weighted by Crippen LogP contribution is -2.02. The fourth-order valence-electron chi connectivity index (χ4n) is 1.26. The number of hydrogen-bond acceptors (Lipinski definition) is 4. The first-order valence-electron chi connectivity index (χ1n) is 5.07. The molecule has 0 radical (unpaired) electrons. The van der Waals surface area contributed by atoms with Crippen LogP contribution in [0.1, 0.15) is 19.8 Å². The van der Waals surface area contributed by atoms with Crippen LogP contribution in [-0.4, -0.2) is 17.3 Å². The molecule has 0 aliphatic carbocycles. The topological polar surface area (TPSA) is 69.4 Å². The lowest BCUT2D eigenvalue weighted by molar-refractivity contribution is -0.385. The quantitative estimate of drug-likeness (QED) is 0.446. The molecule has 1 aromatic rings. The highest BCUT2D eigenvalue weighted by Gasteiger charge is 2.15. The third kappa shape index (κ3) is 4.40. The van der Waals surface area contributed by atoms with Gasteiger partial charge in [0.1, 0.15) is 5.78 Å². The van der Waals surface area contributed by atoms with Gasteiger partial charge in [0.25, 0.3) is 0 Å². The SMILES string of the molecule is CC(=O)CCCOc1cc(Cl)ccc1[N+](=O)[O-]. The van der Waals surface area contributed by atoms with Gasteiger partial charge in [-0.1, -0.05) is 11.6 Å². The second kappa shape index (κ2) is 6.20. The van der Waals surface area contributed by atoms with Crippen LogP contribution in [0.25, 0.3) is 0 Å². The molecule has 0 atom stereocenters. The fourth-order valence-corrected chi connectivity index (χ4v) is 1.42. The first-order valence-corrected chi connectivity index (χ1v) is 5.44. The van der Waals surface area contributed by atoms with Gasteiger partial charge < -0.3 is 9.53 Å². The van der Waals surface area contributed by atoms with Crippen LogP contribution in [0.15, 0.2) is 18.2 Å². The molecule has 1 aromatic carbocycles. The standard InChI is InChI=1S/C11H12ClNO4/c1-8(14)3-2-6-17-11-7-9(12)4-5-10(11)13(15)16/h4-5,7H,2-3,6H2,1H3. The number of nitrogens with zero attached hydrogens (tertiary/aromatic N) is 1. The Morgan fingerprint density at radius 1 is 1.53 bits per heavy atom. The molecule has 0 amide bonds. The molecule has 0 bridgehead atoms. The summed E-state index contributed by atoms with van der Waals surface area (Å²) in [6.45, 7) is 1.74. The van der Waals surface area contributed by atoms with E-state index in [1.165, 1.54) is 25.1 Å². The molecule has 0 heterocycles. The number of hydrogen-bond donors (Lipinski definition) is 0. The van der Waals surface area contributed by atoms with Crippen LogP contribution in [0.4, 0.5) is 5.69 Å². The summed E-state index contributed by atoms with van der Waals surface area (Å²) < 4.78 is 5.25. The van der Waals surface area contributed by atoms with Crippen molar-refractivity contribution in [2.75, 3.05) is 6.61 Å². The van der Waals surface area contributed by atoms with Crippen molar-refractivity contribution in [3.05, 3.63) is 33.3 Å². The van der Waals surface area contributed by atoms with Gasteiger partial charge >= 0.3 is 5.69 Å². The molecular formula is C11H12ClNO4. The van der Waals surface area contributed by atoms with Crippen molar-refractivity contribution in [2.24, 2.45) is 0 Å². The van der Waals surface area contributed by atoms with Gasteiger partial charge in [-0.3, -0.25) is 10.1 Å². The number of benzene rings is 1. The first-order chi connectivity index (χ1) is 8.00. The summed E-state index contributed by atoms with van der Waals surface area (Å²) in [6, 6.07) is 4.12. The van der Waals surface area contributed by atoms with E-state index in [0.29, 0.717) is 17.9 Å². The Balaban J connectivity index is 2.65. The number of nitro benzene ring substituents is 1. The number of carbonyl (C=O) groups is 1. The number of ether oxygens (including phenoxy) is 1. The predicted molar refractivity (Wildman–Crippen MR) is 63.5 cm³/mol. The predicted octanol–water partition coefficient (Wildman–Crippen LogP) is 3.00. The van der Waals surface area contributed by atoms with Crippen LogP contribution in [0, 0.1) is 10.1 Å². The zero-order valence-electron chi connectivity index (χ0n) is 9.31. The van der Waals surface area contributed by atoms with E-state index >= 15 is 0 Å². The zero-order valence-corrected chi connectivity index (χ0v) is 10.1. The lowest BCUT2D eigenvalue weighted by Gasteiger charge is -2.06. The van der Waals surface area contributed by atoms with E-state index in [2.05, 4.69) is 0 Å². The molecule has 5 nitrogen and oxygen atoms in total. The van der Waals surface area contributed by atoms with Gasteiger partial charge in [-0.05, 0) is 19.4 Å². The molecule has 0 unspecified atom stereocenters. The number of ketones is 1. The summed E-state index contributed by atoms with van der Waals surface area (Å²) in [5.74, 6) is 0.195. The molecule has 0 spiro atoms.